The third-order valence-electron chi connectivity index (χ3n) is 3.61. The standard InChI is InChI=1S/C12H24O.C2H4O2/c1-12(2,3)11-6-4-10(5-7-11)8-9-13;1-2(3)4/h10-11,13H,4-9H2,1-3H3;1H3,(H,3,4). The number of carboxylic acid groups (broad SMARTS) is 1. The van der Waals surface area contributed by atoms with Crippen molar-refractivity contribution in [1.29, 1.82) is 0 Å². The molecule has 3 nitrogen and oxygen atoms in total. The van der Waals surface area contributed by atoms with Gasteiger partial charge in [0.25, 0.3) is 5.97 Å². The summed E-state index contributed by atoms with van der Waals surface area (Å²) in [5.74, 6) is 0.881. The molecule has 0 heterocycles. The molecule has 0 bridgehead atoms. The van der Waals surface area contributed by atoms with Crippen molar-refractivity contribution in [3.8, 4) is 0 Å². The summed E-state index contributed by atoms with van der Waals surface area (Å²) < 4.78 is 0. The van der Waals surface area contributed by atoms with Gasteiger partial charge in [0.05, 0.1) is 0 Å². The van der Waals surface area contributed by atoms with Crippen LogP contribution in [0.4, 0.5) is 0 Å². The fourth-order valence-corrected chi connectivity index (χ4v) is 2.50. The first-order chi connectivity index (χ1) is 7.77. The second kappa shape index (κ2) is 7.70. The van der Waals surface area contributed by atoms with Crippen molar-refractivity contribution in [1.82, 2.24) is 0 Å². The first-order valence-electron chi connectivity index (χ1n) is 6.57. The molecule has 17 heavy (non-hydrogen) atoms. The Morgan fingerprint density at radius 3 is 1.88 bits per heavy atom. The molecule has 0 aromatic heterocycles. The van der Waals surface area contributed by atoms with Gasteiger partial charge < -0.3 is 10.2 Å². The minimum Gasteiger partial charge on any atom is -0.481 e. The molecule has 0 spiro atoms. The van der Waals surface area contributed by atoms with Gasteiger partial charge in [0, 0.05) is 13.5 Å². The van der Waals surface area contributed by atoms with Crippen LogP contribution >= 0.6 is 0 Å². The largest absolute Gasteiger partial charge is 0.481 e. The summed E-state index contributed by atoms with van der Waals surface area (Å²) in [7, 11) is 0. The minimum absolute atomic E-state index is 0.380. The van der Waals surface area contributed by atoms with Gasteiger partial charge in [-0.15, -0.1) is 0 Å². The average Bonchev–Trinajstić information content (AvgIpc) is 2.16. The van der Waals surface area contributed by atoms with Gasteiger partial charge in [-0.25, -0.2) is 0 Å². The van der Waals surface area contributed by atoms with Crippen molar-refractivity contribution in [2.24, 2.45) is 17.3 Å². The Kier molecular flexibility index (Phi) is 7.44. The Labute approximate surface area is 105 Å². The van der Waals surface area contributed by atoms with E-state index in [1.54, 1.807) is 0 Å². The van der Waals surface area contributed by atoms with Crippen LogP contribution in [0.1, 0.15) is 59.8 Å². The quantitative estimate of drug-likeness (QED) is 0.783. The van der Waals surface area contributed by atoms with E-state index in [1.807, 2.05) is 0 Å². The Morgan fingerprint density at radius 2 is 1.59 bits per heavy atom. The van der Waals surface area contributed by atoms with Gasteiger partial charge in [-0.05, 0) is 36.5 Å². The third-order valence-corrected chi connectivity index (χ3v) is 3.61. The molecule has 0 aromatic carbocycles. The van der Waals surface area contributed by atoms with Crippen LogP contribution in [0.25, 0.3) is 0 Å². The minimum atomic E-state index is -0.833. The van der Waals surface area contributed by atoms with E-state index in [1.165, 1.54) is 25.7 Å². The van der Waals surface area contributed by atoms with Gasteiger partial charge in [0.15, 0.2) is 0 Å². The summed E-state index contributed by atoms with van der Waals surface area (Å²) in [5, 5.41) is 16.3. The molecule has 1 saturated carbocycles. The van der Waals surface area contributed by atoms with Gasteiger partial charge in [-0.2, -0.15) is 0 Å². The van der Waals surface area contributed by atoms with Crippen LogP contribution in [0.5, 0.6) is 0 Å². The average molecular weight is 244 g/mol. The molecule has 1 fully saturated rings. The number of carbonyl (C=O) groups is 1. The molecule has 0 atom stereocenters. The van der Waals surface area contributed by atoms with E-state index in [-0.39, 0.29) is 0 Å². The second-order valence-electron chi connectivity index (χ2n) is 6.11. The van der Waals surface area contributed by atoms with E-state index in [9.17, 15) is 0 Å². The summed E-state index contributed by atoms with van der Waals surface area (Å²) in [5.41, 5.74) is 0.490. The SMILES string of the molecule is CC(=O)O.CC(C)(C)C1CCC(CCO)CC1. The molecule has 1 aliphatic rings. The molecule has 1 aliphatic carbocycles. The summed E-state index contributed by atoms with van der Waals surface area (Å²) in [6.07, 6.45) is 6.43. The van der Waals surface area contributed by atoms with Crippen molar-refractivity contribution >= 4 is 5.97 Å². The maximum atomic E-state index is 9.00. The number of hydrogen-bond donors (Lipinski definition) is 2. The molecular formula is C14H28O3. The normalized spacial score (nSPS) is 24.8. The van der Waals surface area contributed by atoms with Crippen LogP contribution in [-0.2, 0) is 4.79 Å². The number of carboxylic acids is 1. The Hall–Kier alpha value is -0.570. The zero-order valence-corrected chi connectivity index (χ0v) is 11.7. The van der Waals surface area contributed by atoms with E-state index in [4.69, 9.17) is 15.0 Å². The van der Waals surface area contributed by atoms with Crippen LogP contribution < -0.4 is 0 Å². The highest BCUT2D eigenvalue weighted by molar-refractivity contribution is 5.62. The number of aliphatic carboxylic acids is 1. The number of rotatable bonds is 2. The third kappa shape index (κ3) is 8.19. The Balaban J connectivity index is 0.000000557. The molecule has 1 rings (SSSR count). The first kappa shape index (κ1) is 16.4. The number of aliphatic hydroxyl groups excluding tert-OH is 1. The smallest absolute Gasteiger partial charge is 0.300 e. The van der Waals surface area contributed by atoms with E-state index in [2.05, 4.69) is 20.8 Å². The Bertz CT molecular complexity index is 206. The van der Waals surface area contributed by atoms with Gasteiger partial charge in [-0.3, -0.25) is 4.79 Å². The lowest BCUT2D eigenvalue weighted by Crippen LogP contribution is -2.26. The summed E-state index contributed by atoms with van der Waals surface area (Å²) in [6.45, 7) is 8.52. The van der Waals surface area contributed by atoms with E-state index >= 15 is 0 Å². The number of aliphatic hydroxyl groups is 1. The predicted molar refractivity (Wildman–Crippen MR) is 69.9 cm³/mol. The van der Waals surface area contributed by atoms with E-state index < -0.39 is 5.97 Å². The number of hydrogen-bond acceptors (Lipinski definition) is 2. The highest BCUT2D eigenvalue weighted by atomic mass is 16.4. The lowest BCUT2D eigenvalue weighted by molar-refractivity contribution is -0.134. The molecular weight excluding hydrogens is 216 g/mol. The van der Waals surface area contributed by atoms with Crippen LogP contribution in [0.3, 0.4) is 0 Å². The highest BCUT2D eigenvalue weighted by Crippen LogP contribution is 2.40. The summed E-state index contributed by atoms with van der Waals surface area (Å²) >= 11 is 0. The van der Waals surface area contributed by atoms with Gasteiger partial charge >= 0.3 is 0 Å². The van der Waals surface area contributed by atoms with Crippen molar-refractivity contribution < 1.29 is 15.0 Å². The maximum absolute atomic E-state index is 9.00. The summed E-state index contributed by atoms with van der Waals surface area (Å²) in [6, 6.07) is 0. The highest BCUT2D eigenvalue weighted by Gasteiger charge is 2.29. The lowest BCUT2D eigenvalue weighted by atomic mass is 9.69. The first-order valence-corrected chi connectivity index (χ1v) is 6.57. The maximum Gasteiger partial charge on any atom is 0.300 e. The van der Waals surface area contributed by atoms with Crippen molar-refractivity contribution in [2.45, 2.75) is 59.8 Å². The molecule has 0 aliphatic heterocycles. The molecule has 0 amide bonds. The zero-order chi connectivity index (χ0) is 13.5. The topological polar surface area (TPSA) is 57.5 Å². The van der Waals surface area contributed by atoms with E-state index in [0.29, 0.717) is 12.0 Å². The van der Waals surface area contributed by atoms with E-state index in [0.717, 1.165) is 25.2 Å². The lowest BCUT2D eigenvalue weighted by Gasteiger charge is -2.36. The molecule has 102 valence electrons. The Morgan fingerprint density at radius 1 is 1.18 bits per heavy atom. The van der Waals surface area contributed by atoms with Crippen molar-refractivity contribution in [3.05, 3.63) is 0 Å². The van der Waals surface area contributed by atoms with Gasteiger partial charge in [-0.1, -0.05) is 33.6 Å². The summed E-state index contributed by atoms with van der Waals surface area (Å²) in [4.78, 5) is 9.00. The molecule has 0 unspecified atom stereocenters. The molecule has 0 aromatic rings. The van der Waals surface area contributed by atoms with Crippen molar-refractivity contribution in [3.63, 3.8) is 0 Å². The molecule has 3 heteroatoms. The predicted octanol–water partition coefficient (Wildman–Crippen LogP) is 3.31. The molecule has 0 saturated heterocycles. The van der Waals surface area contributed by atoms with Gasteiger partial charge in [0.1, 0.15) is 0 Å². The van der Waals surface area contributed by atoms with Crippen LogP contribution in [0.2, 0.25) is 0 Å². The zero-order valence-electron chi connectivity index (χ0n) is 11.7. The fourth-order valence-electron chi connectivity index (χ4n) is 2.50. The van der Waals surface area contributed by atoms with Crippen LogP contribution in [0, 0.1) is 17.3 Å². The van der Waals surface area contributed by atoms with Crippen LogP contribution in [0.15, 0.2) is 0 Å². The van der Waals surface area contributed by atoms with Crippen LogP contribution in [-0.4, -0.2) is 22.8 Å². The van der Waals surface area contributed by atoms with Gasteiger partial charge in [0.2, 0.25) is 0 Å². The fraction of sp³-hybridized carbons (Fsp3) is 0.929. The molecule has 0 radical (unpaired) electrons. The molecule has 2 N–H and O–H groups in total. The van der Waals surface area contributed by atoms with Crippen molar-refractivity contribution in [2.75, 3.05) is 6.61 Å². The monoisotopic (exact) mass is 244 g/mol. The second-order valence-corrected chi connectivity index (χ2v) is 6.11.